The summed E-state index contributed by atoms with van der Waals surface area (Å²) in [7, 11) is 0. The van der Waals surface area contributed by atoms with Gasteiger partial charge in [0.2, 0.25) is 5.79 Å². The lowest BCUT2D eigenvalue weighted by molar-refractivity contribution is -0.567. The lowest BCUT2D eigenvalue weighted by Crippen LogP contribution is -2.67. The molecule has 4 saturated heterocycles. The highest BCUT2D eigenvalue weighted by Gasteiger charge is 2.67. The molecule has 4 nitrogen and oxygen atoms in total. The summed E-state index contributed by atoms with van der Waals surface area (Å²) in [6.45, 7) is 5.24. The van der Waals surface area contributed by atoms with Crippen molar-refractivity contribution in [3.05, 3.63) is 0 Å². The molecule has 4 heterocycles. The molecule has 0 amide bonds. The van der Waals surface area contributed by atoms with Crippen LogP contribution < -0.4 is 0 Å². The molecule has 0 radical (unpaired) electrons. The van der Waals surface area contributed by atoms with Crippen molar-refractivity contribution in [3.8, 4) is 0 Å². The van der Waals surface area contributed by atoms with Crippen molar-refractivity contribution in [2.75, 3.05) is 6.61 Å². The minimum Gasteiger partial charge on any atom is -0.349 e. The Bertz CT molecular complexity index is 369. The molecule has 1 spiro atoms. The Morgan fingerprint density at radius 1 is 1.11 bits per heavy atom. The monoisotopic (exact) mass is 268 g/mol. The molecule has 0 N–H and O–H groups in total. The van der Waals surface area contributed by atoms with Gasteiger partial charge in [-0.1, -0.05) is 13.8 Å². The second-order valence-corrected chi connectivity index (χ2v) is 6.79. The van der Waals surface area contributed by atoms with E-state index in [1.54, 1.807) is 0 Å². The van der Waals surface area contributed by atoms with E-state index in [9.17, 15) is 0 Å². The minimum atomic E-state index is -0.575. The maximum atomic E-state index is 6.26. The van der Waals surface area contributed by atoms with Crippen LogP contribution in [0.15, 0.2) is 0 Å². The van der Waals surface area contributed by atoms with Crippen molar-refractivity contribution in [2.24, 2.45) is 17.8 Å². The van der Waals surface area contributed by atoms with Gasteiger partial charge in [0.1, 0.15) is 0 Å². The Morgan fingerprint density at radius 3 is 2.84 bits per heavy atom. The largest absolute Gasteiger partial charge is 0.349 e. The zero-order valence-electron chi connectivity index (χ0n) is 11.9. The summed E-state index contributed by atoms with van der Waals surface area (Å²) >= 11 is 0. The van der Waals surface area contributed by atoms with E-state index in [1.165, 1.54) is 12.8 Å². The summed E-state index contributed by atoms with van der Waals surface area (Å²) in [5.41, 5.74) is -0.342. The van der Waals surface area contributed by atoms with Crippen LogP contribution in [0.2, 0.25) is 0 Å². The molecule has 19 heavy (non-hydrogen) atoms. The van der Waals surface area contributed by atoms with Gasteiger partial charge >= 0.3 is 0 Å². The summed E-state index contributed by atoms with van der Waals surface area (Å²) < 4.78 is 12.2. The highest BCUT2D eigenvalue weighted by molar-refractivity contribution is 5.07. The first-order valence-corrected chi connectivity index (χ1v) is 7.86. The van der Waals surface area contributed by atoms with Crippen molar-refractivity contribution in [1.82, 2.24) is 0 Å². The maximum absolute atomic E-state index is 6.26. The maximum Gasteiger partial charge on any atom is 0.204 e. The highest BCUT2D eigenvalue weighted by atomic mass is 17.3. The Kier molecular flexibility index (Phi) is 2.76. The number of ether oxygens (including phenoxy) is 2. The van der Waals surface area contributed by atoms with E-state index in [1.807, 2.05) is 0 Å². The van der Waals surface area contributed by atoms with Crippen LogP contribution in [0.4, 0.5) is 0 Å². The molecule has 4 aliphatic heterocycles. The number of hydrogen-bond donors (Lipinski definition) is 0. The van der Waals surface area contributed by atoms with E-state index in [0.29, 0.717) is 17.8 Å². The van der Waals surface area contributed by atoms with Crippen LogP contribution in [0.1, 0.15) is 52.4 Å². The van der Waals surface area contributed by atoms with Gasteiger partial charge in [-0.15, -0.1) is 0 Å². The molecule has 108 valence electrons. The van der Waals surface area contributed by atoms with Crippen molar-refractivity contribution in [1.29, 1.82) is 0 Å². The van der Waals surface area contributed by atoms with Crippen LogP contribution in [0, 0.1) is 17.8 Å². The summed E-state index contributed by atoms with van der Waals surface area (Å²) in [5, 5.41) is 0. The van der Waals surface area contributed by atoms with E-state index in [2.05, 4.69) is 13.8 Å². The summed E-state index contributed by atoms with van der Waals surface area (Å²) in [6.07, 6.45) is 6.23. The van der Waals surface area contributed by atoms with E-state index in [0.717, 1.165) is 32.3 Å². The van der Waals surface area contributed by atoms with E-state index in [-0.39, 0.29) is 11.9 Å². The third kappa shape index (κ3) is 1.54. The minimum absolute atomic E-state index is 0.227. The van der Waals surface area contributed by atoms with Gasteiger partial charge in [0.05, 0.1) is 6.61 Å². The van der Waals surface area contributed by atoms with Crippen molar-refractivity contribution in [2.45, 2.75) is 70.1 Å². The van der Waals surface area contributed by atoms with Crippen LogP contribution in [0.3, 0.4) is 0 Å². The zero-order chi connectivity index (χ0) is 13.1. The second kappa shape index (κ2) is 4.17. The van der Waals surface area contributed by atoms with Crippen molar-refractivity contribution < 1.29 is 19.2 Å². The quantitative estimate of drug-likeness (QED) is 0.685. The highest BCUT2D eigenvalue weighted by Crippen LogP contribution is 2.58. The molecule has 5 fully saturated rings. The Balaban J connectivity index is 1.78. The first-order chi connectivity index (χ1) is 9.20. The number of fused-ring (bicyclic) bond motifs is 2. The van der Waals surface area contributed by atoms with Gasteiger partial charge in [0.25, 0.3) is 0 Å². The van der Waals surface area contributed by atoms with Gasteiger partial charge in [-0.05, 0) is 43.4 Å². The lowest BCUT2D eigenvalue weighted by atomic mass is 9.61. The molecule has 5 aliphatic rings. The predicted octanol–water partition coefficient (Wildman–Crippen LogP) is 3.01. The molecule has 1 aliphatic carbocycles. The van der Waals surface area contributed by atoms with Crippen LogP contribution in [0.5, 0.6) is 0 Å². The molecule has 5 rings (SSSR count). The average molecular weight is 268 g/mol. The van der Waals surface area contributed by atoms with E-state index < -0.39 is 5.79 Å². The lowest BCUT2D eigenvalue weighted by Gasteiger charge is -2.57. The fourth-order valence-corrected chi connectivity index (χ4v) is 4.79. The Morgan fingerprint density at radius 2 is 2.00 bits per heavy atom. The van der Waals surface area contributed by atoms with Gasteiger partial charge in [0, 0.05) is 12.8 Å². The topological polar surface area (TPSA) is 36.9 Å². The van der Waals surface area contributed by atoms with Gasteiger partial charge < -0.3 is 9.47 Å². The fourth-order valence-electron chi connectivity index (χ4n) is 4.79. The SMILES string of the molecule is CC[C@@]12CC[C@H]3[C@H](C)CC[C@H]4CCO[C@H](O1)[C@]43OO2. The molecule has 0 aromatic rings. The zero-order valence-corrected chi connectivity index (χ0v) is 11.9. The van der Waals surface area contributed by atoms with Crippen molar-refractivity contribution in [3.63, 3.8) is 0 Å². The van der Waals surface area contributed by atoms with E-state index in [4.69, 9.17) is 19.2 Å². The summed E-state index contributed by atoms with van der Waals surface area (Å²) in [5.74, 6) is 1.13. The second-order valence-electron chi connectivity index (χ2n) is 6.79. The Hall–Kier alpha value is -0.160. The van der Waals surface area contributed by atoms with Crippen molar-refractivity contribution >= 4 is 0 Å². The molecule has 2 bridgehead atoms. The molecule has 0 aromatic heterocycles. The molecule has 0 unspecified atom stereocenters. The molecule has 6 atom stereocenters. The smallest absolute Gasteiger partial charge is 0.204 e. The van der Waals surface area contributed by atoms with Gasteiger partial charge in [-0.25, -0.2) is 9.78 Å². The summed E-state index contributed by atoms with van der Waals surface area (Å²) in [6, 6.07) is 0. The standard InChI is InChI=1S/C15H24O4/c1-3-14-8-6-12-10(2)4-5-11-7-9-16-13(17-14)15(11,12)19-18-14/h10-13H,3-9H2,1-2H3/t10-,11+,12+,13-,14-,15+/m1/s1. The predicted molar refractivity (Wildman–Crippen MR) is 68.0 cm³/mol. The summed E-state index contributed by atoms with van der Waals surface area (Å²) in [4.78, 5) is 11.9. The average Bonchev–Trinajstić information content (AvgIpc) is 2.70. The van der Waals surface area contributed by atoms with Gasteiger partial charge in [-0.2, -0.15) is 0 Å². The first kappa shape index (κ1) is 12.6. The van der Waals surface area contributed by atoms with E-state index >= 15 is 0 Å². The first-order valence-electron chi connectivity index (χ1n) is 7.86. The number of rotatable bonds is 1. The van der Waals surface area contributed by atoms with Crippen LogP contribution in [0.25, 0.3) is 0 Å². The Labute approximate surface area is 114 Å². The third-order valence-corrected chi connectivity index (χ3v) is 6.01. The molecular formula is C15H24O4. The molecule has 1 saturated carbocycles. The molecular weight excluding hydrogens is 244 g/mol. The molecule has 4 heteroatoms. The fraction of sp³-hybridized carbons (Fsp3) is 1.00. The van der Waals surface area contributed by atoms with Gasteiger partial charge in [0.15, 0.2) is 11.9 Å². The van der Waals surface area contributed by atoms with Crippen LogP contribution in [-0.4, -0.2) is 24.3 Å². The normalized spacial score (nSPS) is 56.5. The number of hydrogen-bond acceptors (Lipinski definition) is 4. The molecule has 0 aromatic carbocycles. The van der Waals surface area contributed by atoms with Gasteiger partial charge in [-0.3, -0.25) is 0 Å². The van der Waals surface area contributed by atoms with Crippen LogP contribution >= 0.6 is 0 Å². The van der Waals surface area contributed by atoms with Crippen LogP contribution in [-0.2, 0) is 19.2 Å². The third-order valence-electron chi connectivity index (χ3n) is 6.01.